The second kappa shape index (κ2) is 6.68. The van der Waals surface area contributed by atoms with Gasteiger partial charge in [0.15, 0.2) is 0 Å². The predicted molar refractivity (Wildman–Crippen MR) is 91.9 cm³/mol. The van der Waals surface area contributed by atoms with Gasteiger partial charge in [0.1, 0.15) is 0 Å². The fourth-order valence-electron chi connectivity index (χ4n) is 2.93. The largest absolute Gasteiger partial charge is 0.312 e. The van der Waals surface area contributed by atoms with Crippen LogP contribution in [0.5, 0.6) is 0 Å². The molecule has 2 atom stereocenters. The van der Waals surface area contributed by atoms with E-state index in [9.17, 15) is 0 Å². The topological polar surface area (TPSA) is 15.3 Å². The molecule has 3 heteroatoms. The number of aryl methyl sites for hydroxylation is 1. The van der Waals surface area contributed by atoms with Gasteiger partial charge in [-0.15, -0.1) is 0 Å². The van der Waals surface area contributed by atoms with Crippen LogP contribution in [0.15, 0.2) is 18.2 Å². The van der Waals surface area contributed by atoms with E-state index in [0.717, 1.165) is 24.7 Å². The SMILES string of the molecule is Cc1ccc(CN2CC(C(C)(C)C)NCCC2C)c(Cl)c1. The third-order valence-electron chi connectivity index (χ3n) is 4.62. The fourth-order valence-corrected chi connectivity index (χ4v) is 3.22. The molecule has 0 aromatic heterocycles. The third-order valence-corrected chi connectivity index (χ3v) is 4.97. The van der Waals surface area contributed by atoms with E-state index in [2.05, 4.69) is 63.0 Å². The Balaban J connectivity index is 2.15. The van der Waals surface area contributed by atoms with Gasteiger partial charge in [-0.1, -0.05) is 44.5 Å². The summed E-state index contributed by atoms with van der Waals surface area (Å²) in [6, 6.07) is 7.51. The summed E-state index contributed by atoms with van der Waals surface area (Å²) in [7, 11) is 0. The molecule has 118 valence electrons. The number of nitrogens with one attached hydrogen (secondary N) is 1. The standard InChI is InChI=1S/C18H29ClN2/c1-13-6-7-15(16(19)10-13)11-21-12-17(18(3,4)5)20-9-8-14(21)2/h6-7,10,14,17,20H,8-9,11-12H2,1-5H3. The van der Waals surface area contributed by atoms with E-state index >= 15 is 0 Å². The van der Waals surface area contributed by atoms with E-state index in [1.54, 1.807) is 0 Å². The van der Waals surface area contributed by atoms with Crippen molar-refractivity contribution in [1.82, 2.24) is 10.2 Å². The van der Waals surface area contributed by atoms with Crippen molar-refractivity contribution in [3.63, 3.8) is 0 Å². The number of benzene rings is 1. The first-order valence-electron chi connectivity index (χ1n) is 8.00. The van der Waals surface area contributed by atoms with Crippen molar-refractivity contribution in [3.8, 4) is 0 Å². The van der Waals surface area contributed by atoms with Crippen LogP contribution in [0, 0.1) is 12.3 Å². The lowest BCUT2D eigenvalue weighted by atomic mass is 9.86. The van der Waals surface area contributed by atoms with Crippen LogP contribution in [0.4, 0.5) is 0 Å². The average Bonchev–Trinajstić information content (AvgIpc) is 2.55. The molecule has 1 fully saturated rings. The molecule has 0 radical (unpaired) electrons. The van der Waals surface area contributed by atoms with Crippen LogP contribution in [0.1, 0.15) is 45.2 Å². The molecule has 1 N–H and O–H groups in total. The quantitative estimate of drug-likeness (QED) is 0.879. The van der Waals surface area contributed by atoms with Gasteiger partial charge in [0.05, 0.1) is 0 Å². The lowest BCUT2D eigenvalue weighted by Gasteiger charge is -2.35. The van der Waals surface area contributed by atoms with Crippen LogP contribution < -0.4 is 5.32 Å². The number of nitrogens with zero attached hydrogens (tertiary/aromatic N) is 1. The minimum absolute atomic E-state index is 0.277. The van der Waals surface area contributed by atoms with E-state index in [1.807, 2.05) is 0 Å². The molecular weight excluding hydrogens is 280 g/mol. The molecule has 1 aromatic carbocycles. The zero-order chi connectivity index (χ0) is 15.6. The molecular formula is C18H29ClN2. The van der Waals surface area contributed by atoms with Crippen molar-refractivity contribution in [1.29, 1.82) is 0 Å². The fraction of sp³-hybridized carbons (Fsp3) is 0.667. The van der Waals surface area contributed by atoms with Gasteiger partial charge < -0.3 is 5.32 Å². The number of hydrogen-bond donors (Lipinski definition) is 1. The number of rotatable bonds is 2. The summed E-state index contributed by atoms with van der Waals surface area (Å²) in [6.07, 6.45) is 1.19. The Bertz CT molecular complexity index is 479. The van der Waals surface area contributed by atoms with E-state index in [1.165, 1.54) is 17.5 Å². The maximum Gasteiger partial charge on any atom is 0.0453 e. The highest BCUT2D eigenvalue weighted by atomic mass is 35.5. The second-order valence-electron chi connectivity index (χ2n) is 7.53. The maximum atomic E-state index is 6.42. The molecule has 1 aliphatic rings. The van der Waals surface area contributed by atoms with Crippen LogP contribution in [-0.4, -0.2) is 30.1 Å². The maximum absolute atomic E-state index is 6.42. The summed E-state index contributed by atoms with van der Waals surface area (Å²) in [5.74, 6) is 0. The lowest BCUT2D eigenvalue weighted by Crippen LogP contribution is -2.47. The summed E-state index contributed by atoms with van der Waals surface area (Å²) in [6.45, 7) is 14.5. The molecule has 2 nitrogen and oxygen atoms in total. The summed E-state index contributed by atoms with van der Waals surface area (Å²) < 4.78 is 0. The van der Waals surface area contributed by atoms with Gasteiger partial charge >= 0.3 is 0 Å². The molecule has 1 aliphatic heterocycles. The first kappa shape index (κ1) is 16.8. The summed E-state index contributed by atoms with van der Waals surface area (Å²) in [5.41, 5.74) is 2.74. The lowest BCUT2D eigenvalue weighted by molar-refractivity contribution is 0.157. The van der Waals surface area contributed by atoms with E-state index in [0.29, 0.717) is 12.1 Å². The average molecular weight is 309 g/mol. The van der Waals surface area contributed by atoms with Crippen molar-refractivity contribution in [2.24, 2.45) is 5.41 Å². The molecule has 21 heavy (non-hydrogen) atoms. The first-order valence-corrected chi connectivity index (χ1v) is 8.37. The molecule has 1 heterocycles. The Morgan fingerprint density at radius 2 is 2.05 bits per heavy atom. The van der Waals surface area contributed by atoms with Crippen LogP contribution in [0.2, 0.25) is 5.02 Å². The normalized spacial score (nSPS) is 24.9. The first-order chi connectivity index (χ1) is 9.77. The minimum Gasteiger partial charge on any atom is -0.312 e. The molecule has 0 spiro atoms. The van der Waals surface area contributed by atoms with E-state index in [-0.39, 0.29) is 5.41 Å². The van der Waals surface area contributed by atoms with Gasteiger partial charge in [0.25, 0.3) is 0 Å². The highest BCUT2D eigenvalue weighted by Gasteiger charge is 2.30. The molecule has 0 bridgehead atoms. The van der Waals surface area contributed by atoms with Crippen molar-refractivity contribution in [3.05, 3.63) is 34.3 Å². The van der Waals surface area contributed by atoms with Gasteiger partial charge in [0.2, 0.25) is 0 Å². The molecule has 1 aromatic rings. The second-order valence-corrected chi connectivity index (χ2v) is 7.94. The zero-order valence-corrected chi connectivity index (χ0v) is 14.8. The van der Waals surface area contributed by atoms with E-state index in [4.69, 9.17) is 11.6 Å². The van der Waals surface area contributed by atoms with Crippen molar-refractivity contribution < 1.29 is 0 Å². The molecule has 0 amide bonds. The Morgan fingerprint density at radius 1 is 1.33 bits per heavy atom. The van der Waals surface area contributed by atoms with Crippen molar-refractivity contribution in [2.45, 2.75) is 59.7 Å². The Morgan fingerprint density at radius 3 is 2.67 bits per heavy atom. The van der Waals surface area contributed by atoms with Gasteiger partial charge in [0, 0.05) is 30.2 Å². The monoisotopic (exact) mass is 308 g/mol. The number of hydrogen-bond acceptors (Lipinski definition) is 2. The Kier molecular flexibility index (Phi) is 5.34. The van der Waals surface area contributed by atoms with Crippen LogP contribution in [0.3, 0.4) is 0 Å². The van der Waals surface area contributed by atoms with Crippen LogP contribution in [-0.2, 0) is 6.54 Å². The molecule has 0 saturated carbocycles. The smallest absolute Gasteiger partial charge is 0.0453 e. The van der Waals surface area contributed by atoms with Gasteiger partial charge in [-0.05, 0) is 49.4 Å². The third kappa shape index (κ3) is 4.45. The predicted octanol–water partition coefficient (Wildman–Crippen LogP) is 4.25. The Hall–Kier alpha value is -0.570. The van der Waals surface area contributed by atoms with Crippen molar-refractivity contribution in [2.75, 3.05) is 13.1 Å². The zero-order valence-electron chi connectivity index (χ0n) is 14.0. The van der Waals surface area contributed by atoms with Gasteiger partial charge in [-0.2, -0.15) is 0 Å². The highest BCUT2D eigenvalue weighted by molar-refractivity contribution is 6.31. The summed E-state index contributed by atoms with van der Waals surface area (Å²) >= 11 is 6.42. The molecule has 1 saturated heterocycles. The van der Waals surface area contributed by atoms with Gasteiger partial charge in [-0.3, -0.25) is 4.90 Å². The minimum atomic E-state index is 0.277. The van der Waals surface area contributed by atoms with Crippen molar-refractivity contribution >= 4 is 11.6 Å². The molecule has 0 aliphatic carbocycles. The Labute approximate surface area is 134 Å². The van der Waals surface area contributed by atoms with Crippen LogP contribution in [0.25, 0.3) is 0 Å². The highest BCUT2D eigenvalue weighted by Crippen LogP contribution is 2.26. The molecule has 2 rings (SSSR count). The van der Waals surface area contributed by atoms with E-state index < -0.39 is 0 Å². The molecule has 2 unspecified atom stereocenters. The summed E-state index contributed by atoms with van der Waals surface area (Å²) in [4.78, 5) is 2.58. The summed E-state index contributed by atoms with van der Waals surface area (Å²) in [5, 5.41) is 4.61. The number of halogens is 1. The van der Waals surface area contributed by atoms with Crippen LogP contribution >= 0.6 is 11.6 Å². The van der Waals surface area contributed by atoms with Gasteiger partial charge in [-0.25, -0.2) is 0 Å².